The summed E-state index contributed by atoms with van der Waals surface area (Å²) >= 11 is 0. The Labute approximate surface area is 145 Å². The Morgan fingerprint density at radius 2 is 2.16 bits per heavy atom. The monoisotopic (exact) mass is 364 g/mol. The van der Waals surface area contributed by atoms with E-state index >= 15 is 0 Å². The molecule has 0 N–H and O–H groups in total. The molecule has 25 heavy (non-hydrogen) atoms. The quantitative estimate of drug-likeness (QED) is 0.754. The molecule has 6 nitrogen and oxygen atoms in total. The van der Waals surface area contributed by atoms with E-state index in [4.69, 9.17) is 4.74 Å². The normalized spacial score (nSPS) is 18.9. The predicted octanol–water partition coefficient (Wildman–Crippen LogP) is 1.92. The van der Waals surface area contributed by atoms with E-state index in [-0.39, 0.29) is 29.4 Å². The van der Waals surface area contributed by atoms with Crippen molar-refractivity contribution in [3.8, 4) is 5.75 Å². The minimum atomic E-state index is -3.04. The number of carbonyl (C=O) groups excluding carboxylic acids is 1. The number of hydrogen-bond donors (Lipinski definition) is 0. The van der Waals surface area contributed by atoms with E-state index in [1.54, 1.807) is 13.0 Å². The number of sulfone groups is 1. The van der Waals surface area contributed by atoms with Gasteiger partial charge in [-0.2, -0.15) is 0 Å². The smallest absolute Gasteiger partial charge is 0.187 e. The van der Waals surface area contributed by atoms with E-state index in [1.165, 1.54) is 18.2 Å². The van der Waals surface area contributed by atoms with Crippen molar-refractivity contribution in [3.63, 3.8) is 0 Å². The fourth-order valence-electron chi connectivity index (χ4n) is 2.66. The first-order valence-electron chi connectivity index (χ1n) is 7.80. The number of rotatable bonds is 5. The van der Waals surface area contributed by atoms with Crippen molar-refractivity contribution >= 4 is 15.6 Å². The average molecular weight is 364 g/mol. The van der Waals surface area contributed by atoms with Crippen LogP contribution in [-0.2, 0) is 16.3 Å². The molecule has 3 rings (SSSR count). The van der Waals surface area contributed by atoms with Gasteiger partial charge in [0.15, 0.2) is 15.6 Å². The topological polar surface area (TPSA) is 86.2 Å². The van der Waals surface area contributed by atoms with Gasteiger partial charge in [0.05, 0.1) is 24.1 Å². The summed E-state index contributed by atoms with van der Waals surface area (Å²) in [6.07, 6.45) is 1.08. The van der Waals surface area contributed by atoms with Crippen molar-refractivity contribution in [2.75, 3.05) is 11.5 Å². The molecule has 1 unspecified atom stereocenters. The standard InChI is InChI=1S/C17H17FN2O4S/c1-11-6-15(24-14-4-5-25(22,23)10-14)8-16(20-11)17(21)7-13-3-2-12(18)9-19-13/h2-3,6,8-9,14H,4-5,7,10H2,1H3. The lowest BCUT2D eigenvalue weighted by Crippen LogP contribution is -2.18. The summed E-state index contributed by atoms with van der Waals surface area (Å²) in [5, 5.41) is 0. The molecule has 132 valence electrons. The fraction of sp³-hybridized carbons (Fsp3) is 0.353. The molecule has 1 atom stereocenters. The van der Waals surface area contributed by atoms with Crippen molar-refractivity contribution in [1.29, 1.82) is 0 Å². The van der Waals surface area contributed by atoms with Crippen molar-refractivity contribution in [1.82, 2.24) is 9.97 Å². The van der Waals surface area contributed by atoms with Crippen LogP contribution in [0.2, 0.25) is 0 Å². The molecule has 1 fully saturated rings. The molecule has 0 aromatic carbocycles. The highest BCUT2D eigenvalue weighted by molar-refractivity contribution is 7.91. The molecule has 1 aliphatic heterocycles. The van der Waals surface area contributed by atoms with Crippen LogP contribution < -0.4 is 4.74 Å². The number of carbonyl (C=O) groups is 1. The molecule has 3 heterocycles. The number of aromatic nitrogens is 2. The summed E-state index contributed by atoms with van der Waals surface area (Å²) in [5.74, 6) is -0.218. The lowest BCUT2D eigenvalue weighted by atomic mass is 10.1. The number of ether oxygens (including phenoxy) is 1. The molecule has 2 aromatic rings. The Bertz CT molecular complexity index is 897. The first kappa shape index (κ1) is 17.5. The maximum atomic E-state index is 12.9. The van der Waals surface area contributed by atoms with E-state index in [2.05, 4.69) is 9.97 Å². The molecule has 0 amide bonds. The fourth-order valence-corrected chi connectivity index (χ4v) is 4.25. The minimum absolute atomic E-state index is 0.00597. The first-order chi connectivity index (χ1) is 11.8. The van der Waals surface area contributed by atoms with Gasteiger partial charge in [-0.25, -0.2) is 17.8 Å². The average Bonchev–Trinajstić information content (AvgIpc) is 2.87. The number of ketones is 1. The van der Waals surface area contributed by atoms with E-state index < -0.39 is 21.8 Å². The lowest BCUT2D eigenvalue weighted by molar-refractivity contribution is 0.0986. The zero-order valence-electron chi connectivity index (χ0n) is 13.6. The van der Waals surface area contributed by atoms with Gasteiger partial charge in [-0.1, -0.05) is 0 Å². The predicted molar refractivity (Wildman–Crippen MR) is 88.9 cm³/mol. The Morgan fingerprint density at radius 1 is 1.36 bits per heavy atom. The van der Waals surface area contributed by atoms with Crippen molar-refractivity contribution in [2.24, 2.45) is 0 Å². The molecule has 0 radical (unpaired) electrons. The van der Waals surface area contributed by atoms with Gasteiger partial charge in [-0.05, 0) is 25.5 Å². The second-order valence-corrected chi connectivity index (χ2v) is 8.27. The highest BCUT2D eigenvalue weighted by Gasteiger charge is 2.29. The molecule has 0 spiro atoms. The van der Waals surface area contributed by atoms with Crippen molar-refractivity contribution in [2.45, 2.75) is 25.9 Å². The van der Waals surface area contributed by atoms with Crippen molar-refractivity contribution in [3.05, 3.63) is 53.4 Å². The number of aryl methyl sites for hydroxylation is 1. The van der Waals surface area contributed by atoms with Gasteiger partial charge in [-0.3, -0.25) is 9.78 Å². The van der Waals surface area contributed by atoms with Crippen LogP contribution in [-0.4, -0.2) is 41.8 Å². The number of halogens is 1. The highest BCUT2D eigenvalue weighted by atomic mass is 32.2. The van der Waals surface area contributed by atoms with Gasteiger partial charge < -0.3 is 4.74 Å². The summed E-state index contributed by atoms with van der Waals surface area (Å²) in [6, 6.07) is 5.86. The van der Waals surface area contributed by atoms with Crippen LogP contribution in [0.5, 0.6) is 5.75 Å². The van der Waals surface area contributed by atoms with Gasteiger partial charge in [-0.15, -0.1) is 0 Å². The summed E-state index contributed by atoms with van der Waals surface area (Å²) < 4.78 is 41.6. The summed E-state index contributed by atoms with van der Waals surface area (Å²) in [7, 11) is -3.04. The largest absolute Gasteiger partial charge is 0.489 e. The third-order valence-electron chi connectivity index (χ3n) is 3.84. The molecular formula is C17H17FN2O4S. The lowest BCUT2D eigenvalue weighted by Gasteiger charge is -2.13. The molecule has 1 saturated heterocycles. The molecule has 8 heteroatoms. The molecule has 1 aliphatic rings. The number of Topliss-reactive ketones (excluding diaryl/α,β-unsaturated/α-hetero) is 1. The maximum Gasteiger partial charge on any atom is 0.187 e. The third-order valence-corrected chi connectivity index (χ3v) is 5.57. The SMILES string of the molecule is Cc1cc(OC2CCS(=O)(=O)C2)cc(C(=O)Cc2ccc(F)cn2)n1. The number of hydrogen-bond acceptors (Lipinski definition) is 6. The van der Waals surface area contributed by atoms with Crippen LogP contribution in [0, 0.1) is 12.7 Å². The van der Waals surface area contributed by atoms with Gasteiger partial charge in [0.1, 0.15) is 23.4 Å². The van der Waals surface area contributed by atoms with E-state index in [9.17, 15) is 17.6 Å². The van der Waals surface area contributed by atoms with Crippen LogP contribution in [0.4, 0.5) is 4.39 Å². The Kier molecular flexibility index (Phi) is 4.80. The Hall–Kier alpha value is -2.35. The first-order valence-corrected chi connectivity index (χ1v) is 9.62. The second kappa shape index (κ2) is 6.87. The molecule has 2 aromatic heterocycles. The minimum Gasteiger partial charge on any atom is -0.489 e. The van der Waals surface area contributed by atoms with Crippen molar-refractivity contribution < 1.29 is 22.3 Å². The van der Waals surface area contributed by atoms with Gasteiger partial charge >= 0.3 is 0 Å². The summed E-state index contributed by atoms with van der Waals surface area (Å²) in [4.78, 5) is 20.5. The molecule has 0 saturated carbocycles. The van der Waals surface area contributed by atoms with Gasteiger partial charge in [0.25, 0.3) is 0 Å². The van der Waals surface area contributed by atoms with E-state index in [0.717, 1.165) is 6.20 Å². The number of nitrogens with zero attached hydrogens (tertiary/aromatic N) is 2. The van der Waals surface area contributed by atoms with Crippen LogP contribution in [0.15, 0.2) is 30.5 Å². The van der Waals surface area contributed by atoms with Crippen LogP contribution in [0.1, 0.15) is 28.3 Å². The van der Waals surface area contributed by atoms with Crippen LogP contribution in [0.25, 0.3) is 0 Å². The summed E-state index contributed by atoms with van der Waals surface area (Å²) in [6.45, 7) is 1.73. The molecule has 0 bridgehead atoms. The van der Waals surface area contributed by atoms with E-state index in [1.807, 2.05) is 0 Å². The molecular weight excluding hydrogens is 347 g/mol. The Morgan fingerprint density at radius 3 is 2.80 bits per heavy atom. The van der Waals surface area contributed by atoms with Crippen LogP contribution in [0.3, 0.4) is 0 Å². The maximum absolute atomic E-state index is 12.9. The third kappa shape index (κ3) is 4.60. The van der Waals surface area contributed by atoms with Crippen LogP contribution >= 0.6 is 0 Å². The molecule has 0 aliphatic carbocycles. The zero-order chi connectivity index (χ0) is 18.0. The van der Waals surface area contributed by atoms with Gasteiger partial charge in [0, 0.05) is 23.5 Å². The van der Waals surface area contributed by atoms with E-state index in [0.29, 0.717) is 23.6 Å². The Balaban J connectivity index is 1.74. The number of pyridine rings is 2. The summed E-state index contributed by atoms with van der Waals surface area (Å²) in [5.41, 5.74) is 1.25. The second-order valence-electron chi connectivity index (χ2n) is 6.04. The zero-order valence-corrected chi connectivity index (χ0v) is 14.4. The highest BCUT2D eigenvalue weighted by Crippen LogP contribution is 2.22. The van der Waals surface area contributed by atoms with Gasteiger partial charge in [0.2, 0.25) is 0 Å².